The summed E-state index contributed by atoms with van der Waals surface area (Å²) in [5.74, 6) is 3.93. The molecular weight excluding hydrogens is 801 g/mol. The Morgan fingerprint density at radius 1 is 0.597 bits per heavy atom. The van der Waals surface area contributed by atoms with Gasteiger partial charge in [-0.1, -0.05) is 60.7 Å². The number of hydrogen-bond acceptors (Lipinski definition) is 9. The second kappa shape index (κ2) is 24.3. The average Bonchev–Trinajstić information content (AvgIpc) is 3.34. The number of methoxy groups -OCH3 is 2. The summed E-state index contributed by atoms with van der Waals surface area (Å²) in [5, 5.41) is 15.3. The van der Waals surface area contributed by atoms with Crippen LogP contribution in [0.15, 0.2) is 109 Å². The molecule has 7 rings (SSSR count). The van der Waals surface area contributed by atoms with Crippen LogP contribution >= 0.6 is 11.8 Å². The van der Waals surface area contributed by atoms with Crippen LogP contribution < -0.4 is 36.1 Å². The lowest BCUT2D eigenvalue weighted by Gasteiger charge is -2.39. The zero-order valence-electron chi connectivity index (χ0n) is 36.0. The monoisotopic (exact) mass is 862 g/mol. The van der Waals surface area contributed by atoms with Gasteiger partial charge in [-0.3, -0.25) is 19.2 Å². The van der Waals surface area contributed by atoms with Gasteiger partial charge in [-0.25, -0.2) is 0 Å². The molecule has 0 aliphatic carbocycles. The third kappa shape index (κ3) is 13.8. The SMILES string of the molecule is COc1ccc(C(=O)N[C@@H](C(=O)NCC2CCN(C3CCSCC3)CC2)c2ccccc2)cc1.COc1ccc(C(=O)N[C@@H](C(=O)NCC2CCNCC2)c2ccccc2)cc1. The summed E-state index contributed by atoms with van der Waals surface area (Å²) in [5.41, 5.74) is 2.50. The Kier molecular flexibility index (Phi) is 18.1. The highest BCUT2D eigenvalue weighted by Crippen LogP contribution is 2.27. The number of nitrogens with zero attached hydrogens (tertiary/aromatic N) is 1. The number of thioether (sulfide) groups is 1. The van der Waals surface area contributed by atoms with Crippen LogP contribution in [-0.4, -0.2) is 99.6 Å². The van der Waals surface area contributed by atoms with Gasteiger partial charge >= 0.3 is 0 Å². The van der Waals surface area contributed by atoms with Crippen molar-refractivity contribution in [2.24, 2.45) is 11.8 Å². The van der Waals surface area contributed by atoms with Crippen molar-refractivity contribution in [3.8, 4) is 11.5 Å². The minimum atomic E-state index is -0.740. The van der Waals surface area contributed by atoms with Gasteiger partial charge in [0.25, 0.3) is 11.8 Å². The Morgan fingerprint density at radius 2 is 1.02 bits per heavy atom. The smallest absolute Gasteiger partial charge is 0.252 e. The first-order valence-corrected chi connectivity index (χ1v) is 23.0. The molecule has 0 bridgehead atoms. The first-order valence-electron chi connectivity index (χ1n) is 21.9. The molecule has 2 atom stereocenters. The number of carbonyl (C=O) groups is 4. The molecule has 0 saturated carbocycles. The largest absolute Gasteiger partial charge is 0.497 e. The van der Waals surface area contributed by atoms with Crippen molar-refractivity contribution in [2.75, 3.05) is 65.0 Å². The van der Waals surface area contributed by atoms with Crippen LogP contribution in [0.3, 0.4) is 0 Å². The van der Waals surface area contributed by atoms with E-state index in [0.717, 1.165) is 69.0 Å². The molecule has 3 aliphatic rings. The van der Waals surface area contributed by atoms with E-state index in [2.05, 4.69) is 43.2 Å². The molecule has 4 amide bonds. The highest BCUT2D eigenvalue weighted by molar-refractivity contribution is 7.99. The molecule has 5 N–H and O–H groups in total. The maximum Gasteiger partial charge on any atom is 0.252 e. The number of benzene rings is 4. The molecule has 0 unspecified atom stereocenters. The number of rotatable bonds is 15. The van der Waals surface area contributed by atoms with Gasteiger partial charge in [-0.15, -0.1) is 0 Å². The number of piperidine rings is 2. The van der Waals surface area contributed by atoms with Crippen molar-refractivity contribution < 1.29 is 28.7 Å². The predicted octanol–water partition coefficient (Wildman–Crippen LogP) is 6.17. The van der Waals surface area contributed by atoms with Gasteiger partial charge in [0.05, 0.1) is 14.2 Å². The Labute approximate surface area is 370 Å². The second-order valence-electron chi connectivity index (χ2n) is 16.1. The van der Waals surface area contributed by atoms with Gasteiger partial charge in [0, 0.05) is 30.3 Å². The molecule has 4 aromatic rings. The maximum atomic E-state index is 13.2. The lowest BCUT2D eigenvalue weighted by Crippen LogP contribution is -2.46. The molecule has 13 heteroatoms. The molecule has 0 spiro atoms. The molecule has 12 nitrogen and oxygen atoms in total. The van der Waals surface area contributed by atoms with Crippen LogP contribution in [0.1, 0.15) is 82.5 Å². The molecule has 3 heterocycles. The fourth-order valence-corrected chi connectivity index (χ4v) is 9.24. The molecule has 4 aromatic carbocycles. The minimum Gasteiger partial charge on any atom is -0.497 e. The van der Waals surface area contributed by atoms with Crippen molar-refractivity contribution in [3.63, 3.8) is 0 Å². The van der Waals surface area contributed by atoms with Crippen molar-refractivity contribution in [1.82, 2.24) is 31.5 Å². The Morgan fingerprint density at radius 3 is 1.44 bits per heavy atom. The molecule has 0 radical (unpaired) electrons. The Bertz CT molecular complexity index is 1990. The van der Waals surface area contributed by atoms with E-state index < -0.39 is 12.1 Å². The van der Waals surface area contributed by atoms with Crippen molar-refractivity contribution in [3.05, 3.63) is 131 Å². The van der Waals surface area contributed by atoms with E-state index in [4.69, 9.17) is 9.47 Å². The number of hydrogen-bond donors (Lipinski definition) is 5. The summed E-state index contributed by atoms with van der Waals surface area (Å²) < 4.78 is 10.3. The van der Waals surface area contributed by atoms with Crippen molar-refractivity contribution in [1.29, 1.82) is 0 Å². The van der Waals surface area contributed by atoms with Crippen LogP contribution in [0.2, 0.25) is 0 Å². The first kappa shape index (κ1) is 46.1. The molecule has 3 saturated heterocycles. The van der Waals surface area contributed by atoms with E-state index in [9.17, 15) is 19.2 Å². The van der Waals surface area contributed by atoms with Crippen LogP contribution in [0, 0.1) is 11.8 Å². The number of carbonyl (C=O) groups excluding carboxylic acids is 4. The molecular formula is C49H62N6O6S. The Balaban J connectivity index is 0.000000211. The van der Waals surface area contributed by atoms with E-state index in [1.807, 2.05) is 60.7 Å². The summed E-state index contributed by atoms with van der Waals surface area (Å²) in [7, 11) is 3.16. The van der Waals surface area contributed by atoms with Gasteiger partial charge in [0.2, 0.25) is 11.8 Å². The van der Waals surface area contributed by atoms with Gasteiger partial charge in [0.15, 0.2) is 0 Å². The van der Waals surface area contributed by atoms with E-state index in [1.54, 1.807) is 62.8 Å². The minimum absolute atomic E-state index is 0.167. The quantitative estimate of drug-likeness (QED) is 0.0946. The molecule has 62 heavy (non-hydrogen) atoms. The summed E-state index contributed by atoms with van der Waals surface area (Å²) in [4.78, 5) is 54.3. The number of amides is 4. The number of ether oxygens (including phenoxy) is 2. The molecule has 0 aromatic heterocycles. The standard InChI is InChI=1S/C27H35N3O3S.C22H27N3O3/c1-33-24-9-7-22(8-10-24)26(31)29-25(21-5-3-2-4-6-21)27(32)28-19-20-11-15-30(16-12-20)23-13-17-34-18-14-23;1-28-19-9-7-18(8-10-19)21(26)25-20(17-5-3-2-4-6-17)22(27)24-15-16-11-13-23-14-12-16/h2-10,20,23,25H,11-19H2,1H3,(H,28,32)(H,29,31);2-10,16,20,23H,11-15H2,1H3,(H,24,27)(H,25,26)/t25-;20-/m11/s1. The van der Waals surface area contributed by atoms with E-state index in [1.165, 1.54) is 24.3 Å². The topological polar surface area (TPSA) is 150 Å². The van der Waals surface area contributed by atoms with Crippen LogP contribution in [-0.2, 0) is 9.59 Å². The zero-order chi connectivity index (χ0) is 43.5. The Hall–Kier alpha value is -5.37. The summed E-state index contributed by atoms with van der Waals surface area (Å²) in [6, 6.07) is 31.7. The molecule has 3 fully saturated rings. The van der Waals surface area contributed by atoms with E-state index in [0.29, 0.717) is 47.6 Å². The lowest BCUT2D eigenvalue weighted by atomic mass is 9.94. The first-order chi connectivity index (χ1) is 30.3. The van der Waals surface area contributed by atoms with E-state index >= 15 is 0 Å². The summed E-state index contributed by atoms with van der Waals surface area (Å²) in [6.07, 6.45) is 6.93. The number of nitrogens with one attached hydrogen (secondary N) is 5. The van der Waals surface area contributed by atoms with Crippen molar-refractivity contribution >= 4 is 35.4 Å². The van der Waals surface area contributed by atoms with Crippen molar-refractivity contribution in [2.45, 2.75) is 56.7 Å². The van der Waals surface area contributed by atoms with Gasteiger partial charge in [-0.05, 0) is 148 Å². The van der Waals surface area contributed by atoms with Gasteiger partial charge in [-0.2, -0.15) is 11.8 Å². The zero-order valence-corrected chi connectivity index (χ0v) is 36.8. The summed E-state index contributed by atoms with van der Waals surface area (Å²) in [6.45, 7) is 5.48. The highest BCUT2D eigenvalue weighted by atomic mass is 32.2. The predicted molar refractivity (Wildman–Crippen MR) is 246 cm³/mol. The van der Waals surface area contributed by atoms with Crippen LogP contribution in [0.4, 0.5) is 0 Å². The fourth-order valence-electron chi connectivity index (χ4n) is 8.16. The van der Waals surface area contributed by atoms with Crippen LogP contribution in [0.5, 0.6) is 11.5 Å². The highest BCUT2D eigenvalue weighted by Gasteiger charge is 2.29. The van der Waals surface area contributed by atoms with Crippen LogP contribution in [0.25, 0.3) is 0 Å². The number of likely N-dealkylation sites (tertiary alicyclic amines) is 1. The normalized spacial score (nSPS) is 17.3. The third-order valence-electron chi connectivity index (χ3n) is 12.0. The summed E-state index contributed by atoms with van der Waals surface area (Å²) >= 11 is 2.07. The lowest BCUT2D eigenvalue weighted by molar-refractivity contribution is -0.124. The average molecular weight is 863 g/mol. The fraction of sp³-hybridized carbons (Fsp3) is 0.429. The van der Waals surface area contributed by atoms with Gasteiger partial charge in [0.1, 0.15) is 23.6 Å². The van der Waals surface area contributed by atoms with E-state index in [-0.39, 0.29) is 23.6 Å². The maximum absolute atomic E-state index is 13.2. The third-order valence-corrected chi connectivity index (χ3v) is 13.0. The molecule has 3 aliphatic heterocycles. The second-order valence-corrected chi connectivity index (χ2v) is 17.3. The molecule has 330 valence electrons. The van der Waals surface area contributed by atoms with Gasteiger partial charge < -0.3 is 41.0 Å².